The SMILES string of the molecule is Nc1ccc2c(c1I)COC2. The van der Waals surface area contributed by atoms with Crippen molar-refractivity contribution >= 4 is 28.3 Å². The van der Waals surface area contributed by atoms with E-state index in [9.17, 15) is 0 Å². The Labute approximate surface area is 78.9 Å². The molecule has 0 radical (unpaired) electrons. The van der Waals surface area contributed by atoms with Gasteiger partial charge in [-0.3, -0.25) is 0 Å². The van der Waals surface area contributed by atoms with Gasteiger partial charge < -0.3 is 10.5 Å². The van der Waals surface area contributed by atoms with Crippen molar-refractivity contribution in [3.05, 3.63) is 26.8 Å². The van der Waals surface area contributed by atoms with E-state index in [0.717, 1.165) is 22.5 Å². The van der Waals surface area contributed by atoms with Crippen LogP contribution in [-0.4, -0.2) is 0 Å². The molecule has 0 atom stereocenters. The predicted molar refractivity (Wildman–Crippen MR) is 52.1 cm³/mol. The lowest BCUT2D eigenvalue weighted by Crippen LogP contribution is -1.94. The fourth-order valence-corrected chi connectivity index (χ4v) is 1.92. The van der Waals surface area contributed by atoms with Crippen molar-refractivity contribution in [2.24, 2.45) is 0 Å². The molecular formula is C8H8INO. The first-order valence-electron chi connectivity index (χ1n) is 3.42. The van der Waals surface area contributed by atoms with Crippen LogP contribution in [0.2, 0.25) is 0 Å². The Morgan fingerprint density at radius 2 is 2.18 bits per heavy atom. The summed E-state index contributed by atoms with van der Waals surface area (Å²) in [5, 5.41) is 0. The minimum atomic E-state index is 0.721. The van der Waals surface area contributed by atoms with Gasteiger partial charge in [-0.2, -0.15) is 0 Å². The number of hydrogen-bond donors (Lipinski definition) is 1. The highest BCUT2D eigenvalue weighted by Crippen LogP contribution is 2.28. The Bertz CT molecular complexity index is 298. The molecule has 0 fully saturated rings. The molecule has 0 aliphatic carbocycles. The van der Waals surface area contributed by atoms with Gasteiger partial charge in [0.1, 0.15) is 0 Å². The number of nitrogens with two attached hydrogens (primary N) is 1. The highest BCUT2D eigenvalue weighted by Gasteiger charge is 2.14. The third-order valence-electron chi connectivity index (χ3n) is 1.87. The molecule has 0 saturated carbocycles. The van der Waals surface area contributed by atoms with Crippen LogP contribution in [-0.2, 0) is 18.0 Å². The van der Waals surface area contributed by atoms with Gasteiger partial charge in [-0.15, -0.1) is 0 Å². The zero-order valence-electron chi connectivity index (χ0n) is 5.93. The van der Waals surface area contributed by atoms with Crippen molar-refractivity contribution in [2.75, 3.05) is 5.73 Å². The predicted octanol–water partition coefficient (Wildman–Crippen LogP) is 1.90. The summed E-state index contributed by atoms with van der Waals surface area (Å²) in [6.45, 7) is 1.46. The lowest BCUT2D eigenvalue weighted by Gasteiger charge is -2.02. The second kappa shape index (κ2) is 2.64. The lowest BCUT2D eigenvalue weighted by molar-refractivity contribution is 0.134. The third kappa shape index (κ3) is 1.12. The Morgan fingerprint density at radius 3 is 3.00 bits per heavy atom. The molecule has 3 heteroatoms. The number of rotatable bonds is 0. The average Bonchev–Trinajstić information content (AvgIpc) is 2.45. The molecule has 0 saturated heterocycles. The van der Waals surface area contributed by atoms with Gasteiger partial charge in [0, 0.05) is 9.26 Å². The molecule has 11 heavy (non-hydrogen) atoms. The molecule has 0 aromatic heterocycles. The zero-order valence-corrected chi connectivity index (χ0v) is 8.09. The molecule has 0 bridgehead atoms. The number of halogens is 1. The van der Waals surface area contributed by atoms with E-state index in [1.165, 1.54) is 11.1 Å². The van der Waals surface area contributed by atoms with Gasteiger partial charge in [0.2, 0.25) is 0 Å². The van der Waals surface area contributed by atoms with Gasteiger partial charge in [0.15, 0.2) is 0 Å². The first kappa shape index (κ1) is 7.36. The van der Waals surface area contributed by atoms with E-state index < -0.39 is 0 Å². The molecule has 2 rings (SSSR count). The van der Waals surface area contributed by atoms with E-state index in [1.807, 2.05) is 12.1 Å². The molecular weight excluding hydrogens is 253 g/mol. The van der Waals surface area contributed by atoms with E-state index in [-0.39, 0.29) is 0 Å². The summed E-state index contributed by atoms with van der Waals surface area (Å²) in [5.74, 6) is 0. The molecule has 0 spiro atoms. The summed E-state index contributed by atoms with van der Waals surface area (Å²) >= 11 is 2.27. The van der Waals surface area contributed by atoms with Crippen LogP contribution in [0.5, 0.6) is 0 Å². The quantitative estimate of drug-likeness (QED) is 0.572. The Balaban J connectivity index is 2.62. The summed E-state index contributed by atoms with van der Waals surface area (Å²) in [6.07, 6.45) is 0. The van der Waals surface area contributed by atoms with Crippen LogP contribution in [0.4, 0.5) is 5.69 Å². The molecule has 1 aliphatic rings. The maximum Gasteiger partial charge on any atom is 0.0736 e. The molecule has 1 aromatic rings. The summed E-state index contributed by atoms with van der Waals surface area (Å²) in [5.41, 5.74) is 9.14. The number of ether oxygens (including phenoxy) is 1. The van der Waals surface area contributed by atoms with Crippen LogP contribution in [0.3, 0.4) is 0 Å². The molecule has 1 heterocycles. The summed E-state index contributed by atoms with van der Waals surface area (Å²) in [6, 6.07) is 3.98. The Kier molecular flexibility index (Phi) is 1.77. The van der Waals surface area contributed by atoms with Gasteiger partial charge in [0.25, 0.3) is 0 Å². The second-order valence-electron chi connectivity index (χ2n) is 2.60. The van der Waals surface area contributed by atoms with E-state index in [1.54, 1.807) is 0 Å². The first-order chi connectivity index (χ1) is 5.29. The number of fused-ring (bicyclic) bond motifs is 1. The van der Waals surface area contributed by atoms with Crippen molar-refractivity contribution in [1.29, 1.82) is 0 Å². The maximum atomic E-state index is 5.73. The molecule has 1 aromatic carbocycles. The van der Waals surface area contributed by atoms with Crippen LogP contribution >= 0.6 is 22.6 Å². The number of nitrogen functional groups attached to an aromatic ring is 1. The van der Waals surface area contributed by atoms with Crippen LogP contribution in [0.25, 0.3) is 0 Å². The minimum Gasteiger partial charge on any atom is -0.398 e. The van der Waals surface area contributed by atoms with Gasteiger partial charge in [-0.1, -0.05) is 6.07 Å². The molecule has 1 aliphatic heterocycles. The highest BCUT2D eigenvalue weighted by molar-refractivity contribution is 14.1. The number of anilines is 1. The Morgan fingerprint density at radius 1 is 1.36 bits per heavy atom. The van der Waals surface area contributed by atoms with Crippen LogP contribution in [0.15, 0.2) is 12.1 Å². The average molecular weight is 261 g/mol. The standard InChI is InChI=1S/C8H8INO/c9-8-6-4-11-3-5(6)1-2-7(8)10/h1-2H,3-4,10H2. The number of benzene rings is 1. The second-order valence-corrected chi connectivity index (χ2v) is 3.68. The first-order valence-corrected chi connectivity index (χ1v) is 4.50. The summed E-state index contributed by atoms with van der Waals surface area (Å²) < 4.78 is 6.44. The van der Waals surface area contributed by atoms with Crippen molar-refractivity contribution in [1.82, 2.24) is 0 Å². The van der Waals surface area contributed by atoms with Crippen molar-refractivity contribution < 1.29 is 4.74 Å². The van der Waals surface area contributed by atoms with Crippen molar-refractivity contribution in [3.63, 3.8) is 0 Å². The fraction of sp³-hybridized carbons (Fsp3) is 0.250. The zero-order chi connectivity index (χ0) is 7.84. The normalized spacial score (nSPS) is 15.0. The minimum absolute atomic E-state index is 0.721. The Hall–Kier alpha value is -0.290. The van der Waals surface area contributed by atoms with Gasteiger partial charge in [-0.25, -0.2) is 0 Å². The van der Waals surface area contributed by atoms with Gasteiger partial charge in [0.05, 0.1) is 13.2 Å². The van der Waals surface area contributed by atoms with Crippen molar-refractivity contribution in [3.8, 4) is 0 Å². The summed E-state index contributed by atoms with van der Waals surface area (Å²) in [7, 11) is 0. The topological polar surface area (TPSA) is 35.2 Å². The van der Waals surface area contributed by atoms with Crippen LogP contribution < -0.4 is 5.73 Å². The monoisotopic (exact) mass is 261 g/mol. The molecule has 2 nitrogen and oxygen atoms in total. The summed E-state index contributed by atoms with van der Waals surface area (Å²) in [4.78, 5) is 0. The van der Waals surface area contributed by atoms with E-state index in [2.05, 4.69) is 22.6 Å². The van der Waals surface area contributed by atoms with Crippen molar-refractivity contribution in [2.45, 2.75) is 13.2 Å². The van der Waals surface area contributed by atoms with E-state index >= 15 is 0 Å². The van der Waals surface area contributed by atoms with E-state index in [4.69, 9.17) is 10.5 Å². The smallest absolute Gasteiger partial charge is 0.0736 e. The third-order valence-corrected chi connectivity index (χ3v) is 3.15. The molecule has 0 amide bonds. The van der Waals surface area contributed by atoms with Crippen LogP contribution in [0.1, 0.15) is 11.1 Å². The van der Waals surface area contributed by atoms with E-state index in [0.29, 0.717) is 0 Å². The van der Waals surface area contributed by atoms with Gasteiger partial charge in [-0.05, 0) is 39.8 Å². The fourth-order valence-electron chi connectivity index (χ4n) is 1.23. The largest absolute Gasteiger partial charge is 0.398 e. The van der Waals surface area contributed by atoms with Crippen LogP contribution in [0, 0.1) is 3.57 Å². The molecule has 0 unspecified atom stereocenters. The number of hydrogen-bond acceptors (Lipinski definition) is 2. The van der Waals surface area contributed by atoms with Gasteiger partial charge >= 0.3 is 0 Å². The molecule has 2 N–H and O–H groups in total. The molecule has 58 valence electrons. The maximum absolute atomic E-state index is 5.73. The lowest BCUT2D eigenvalue weighted by atomic mass is 10.1. The highest BCUT2D eigenvalue weighted by atomic mass is 127.